The molecule has 0 bridgehead atoms. The number of hydrogen-bond donors (Lipinski definition) is 1. The molecule has 4 aromatic rings. The largest absolute Gasteiger partial charge is 0.362 e. The average Bonchev–Trinajstić information content (AvgIpc) is 3.43. The van der Waals surface area contributed by atoms with Gasteiger partial charge in [0.15, 0.2) is 5.82 Å². The van der Waals surface area contributed by atoms with Crippen LogP contribution in [0.1, 0.15) is 42.4 Å². The van der Waals surface area contributed by atoms with Crippen molar-refractivity contribution in [1.82, 2.24) is 24.6 Å². The van der Waals surface area contributed by atoms with E-state index in [1.165, 1.54) is 23.0 Å². The van der Waals surface area contributed by atoms with Gasteiger partial charge in [-0.05, 0) is 87.6 Å². The Morgan fingerprint density at radius 2 is 1.85 bits per heavy atom. The molecular weight excluding hydrogens is 415 g/mol. The predicted molar refractivity (Wildman–Crippen MR) is 128 cm³/mol. The summed E-state index contributed by atoms with van der Waals surface area (Å²) in [5.74, 6) is 2.30. The summed E-state index contributed by atoms with van der Waals surface area (Å²) in [6, 6.07) is 13.6. The minimum Gasteiger partial charge on any atom is -0.362 e. The highest BCUT2D eigenvalue weighted by molar-refractivity contribution is 5.83. The Labute approximate surface area is 193 Å². The normalized spacial score (nSPS) is 16.8. The molecule has 2 aliphatic rings. The number of benzene rings is 2. The summed E-state index contributed by atoms with van der Waals surface area (Å²) in [6.07, 6.45) is 5.44. The van der Waals surface area contributed by atoms with Crippen LogP contribution in [0.15, 0.2) is 48.7 Å². The van der Waals surface area contributed by atoms with E-state index in [2.05, 4.69) is 60.0 Å². The third kappa shape index (κ3) is 3.70. The molecule has 33 heavy (non-hydrogen) atoms. The van der Waals surface area contributed by atoms with Crippen LogP contribution in [0.25, 0.3) is 16.6 Å². The smallest absolute Gasteiger partial charge is 0.157 e. The molecule has 170 valence electrons. The minimum absolute atomic E-state index is 0.159. The molecule has 1 N–H and O–H groups in total. The standard InChI is InChI=1S/C26H29FN6/c1-18-29-30-26-17-32(24-5-2-3-6-25(24)33(18)26)12-4-11-31-13-9-19(10-14-31)22-16-28-23-8-7-20(27)15-21(22)23/h2-3,5-8,15-16,19,28H,4,9-14,17H2,1H3. The molecule has 0 radical (unpaired) electrons. The van der Waals surface area contributed by atoms with Crippen molar-refractivity contribution in [1.29, 1.82) is 0 Å². The lowest BCUT2D eigenvalue weighted by Crippen LogP contribution is -2.36. The zero-order valence-electron chi connectivity index (χ0n) is 19.0. The van der Waals surface area contributed by atoms with E-state index in [-0.39, 0.29) is 5.82 Å². The number of piperidine rings is 1. The highest BCUT2D eigenvalue weighted by atomic mass is 19.1. The fourth-order valence-electron chi connectivity index (χ4n) is 5.60. The zero-order valence-corrected chi connectivity index (χ0v) is 19.0. The zero-order chi connectivity index (χ0) is 22.4. The number of fused-ring (bicyclic) bond motifs is 4. The maximum absolute atomic E-state index is 13.8. The van der Waals surface area contributed by atoms with Gasteiger partial charge in [0.2, 0.25) is 0 Å². The molecule has 1 saturated heterocycles. The molecular formula is C26H29FN6. The second-order valence-corrected chi connectivity index (χ2v) is 9.31. The van der Waals surface area contributed by atoms with Gasteiger partial charge < -0.3 is 14.8 Å². The summed E-state index contributed by atoms with van der Waals surface area (Å²) >= 11 is 0. The first-order chi connectivity index (χ1) is 16.2. The first-order valence-corrected chi connectivity index (χ1v) is 11.9. The Hall–Kier alpha value is -3.19. The quantitative estimate of drug-likeness (QED) is 0.481. The van der Waals surface area contributed by atoms with Gasteiger partial charge in [-0.15, -0.1) is 10.2 Å². The number of halogens is 1. The van der Waals surface area contributed by atoms with Gasteiger partial charge in [-0.1, -0.05) is 12.1 Å². The number of H-pyrrole nitrogens is 1. The topological polar surface area (TPSA) is 53.0 Å². The number of hydrogen-bond acceptors (Lipinski definition) is 4. The second-order valence-electron chi connectivity index (χ2n) is 9.31. The number of nitrogens with one attached hydrogen (secondary N) is 1. The van der Waals surface area contributed by atoms with Gasteiger partial charge in [0.25, 0.3) is 0 Å². The molecule has 0 spiro atoms. The van der Waals surface area contributed by atoms with Crippen LogP contribution in [-0.2, 0) is 6.54 Å². The molecule has 4 heterocycles. The molecule has 2 aromatic carbocycles. The Morgan fingerprint density at radius 1 is 1.03 bits per heavy atom. The van der Waals surface area contributed by atoms with E-state index in [4.69, 9.17) is 0 Å². The van der Waals surface area contributed by atoms with E-state index < -0.39 is 0 Å². The van der Waals surface area contributed by atoms with Crippen LogP contribution in [0.3, 0.4) is 0 Å². The van der Waals surface area contributed by atoms with Crippen LogP contribution in [0.4, 0.5) is 10.1 Å². The summed E-state index contributed by atoms with van der Waals surface area (Å²) in [5, 5.41) is 9.73. The fraction of sp³-hybridized carbons (Fsp3) is 0.385. The van der Waals surface area contributed by atoms with Gasteiger partial charge in [0.1, 0.15) is 11.6 Å². The number of para-hydroxylation sites is 2. The summed E-state index contributed by atoms with van der Waals surface area (Å²) in [4.78, 5) is 8.33. The average molecular weight is 445 g/mol. The maximum Gasteiger partial charge on any atom is 0.157 e. The molecule has 0 atom stereocenters. The number of aromatic nitrogens is 4. The summed E-state index contributed by atoms with van der Waals surface area (Å²) in [5.41, 5.74) is 4.74. The van der Waals surface area contributed by atoms with Crippen molar-refractivity contribution < 1.29 is 4.39 Å². The molecule has 2 aromatic heterocycles. The molecule has 0 aliphatic carbocycles. The van der Waals surface area contributed by atoms with Crippen molar-refractivity contribution in [3.63, 3.8) is 0 Å². The minimum atomic E-state index is -0.159. The molecule has 0 saturated carbocycles. The van der Waals surface area contributed by atoms with Crippen LogP contribution in [0.2, 0.25) is 0 Å². The maximum atomic E-state index is 13.8. The number of nitrogens with zero attached hydrogens (tertiary/aromatic N) is 5. The lowest BCUT2D eigenvalue weighted by molar-refractivity contribution is 0.211. The third-order valence-electron chi connectivity index (χ3n) is 7.29. The van der Waals surface area contributed by atoms with E-state index in [1.807, 2.05) is 13.0 Å². The lowest BCUT2D eigenvalue weighted by Gasteiger charge is -2.34. The predicted octanol–water partition coefficient (Wildman–Crippen LogP) is 4.79. The number of aromatic amines is 1. The second kappa shape index (κ2) is 8.30. The highest BCUT2D eigenvalue weighted by Gasteiger charge is 2.26. The molecule has 7 heteroatoms. The van der Waals surface area contributed by atoms with Gasteiger partial charge in [-0.2, -0.15) is 0 Å². The van der Waals surface area contributed by atoms with Crippen molar-refractivity contribution in [2.45, 2.75) is 38.6 Å². The van der Waals surface area contributed by atoms with Crippen molar-refractivity contribution in [2.24, 2.45) is 0 Å². The van der Waals surface area contributed by atoms with Crippen molar-refractivity contribution in [3.05, 3.63) is 71.7 Å². The third-order valence-corrected chi connectivity index (χ3v) is 7.29. The van der Waals surface area contributed by atoms with Crippen molar-refractivity contribution in [3.8, 4) is 5.69 Å². The monoisotopic (exact) mass is 444 g/mol. The molecule has 1 fully saturated rings. The first kappa shape index (κ1) is 20.4. The van der Waals surface area contributed by atoms with Crippen molar-refractivity contribution >= 4 is 16.6 Å². The Bertz CT molecular complexity index is 1280. The summed E-state index contributed by atoms with van der Waals surface area (Å²) < 4.78 is 15.9. The molecule has 0 unspecified atom stereocenters. The Morgan fingerprint density at radius 3 is 2.70 bits per heavy atom. The summed E-state index contributed by atoms with van der Waals surface area (Å²) in [7, 11) is 0. The fourth-order valence-corrected chi connectivity index (χ4v) is 5.60. The lowest BCUT2D eigenvalue weighted by atomic mass is 9.89. The van der Waals surface area contributed by atoms with Gasteiger partial charge in [-0.25, -0.2) is 4.39 Å². The van der Waals surface area contributed by atoms with Gasteiger partial charge >= 0.3 is 0 Å². The van der Waals surface area contributed by atoms with E-state index in [0.717, 1.165) is 74.5 Å². The van der Waals surface area contributed by atoms with E-state index in [1.54, 1.807) is 6.07 Å². The number of likely N-dealkylation sites (tertiary alicyclic amines) is 1. The highest BCUT2D eigenvalue weighted by Crippen LogP contribution is 2.34. The van der Waals surface area contributed by atoms with Gasteiger partial charge in [0.05, 0.1) is 17.9 Å². The Balaban J connectivity index is 1.06. The van der Waals surface area contributed by atoms with E-state index >= 15 is 0 Å². The van der Waals surface area contributed by atoms with E-state index in [9.17, 15) is 4.39 Å². The molecule has 6 nitrogen and oxygen atoms in total. The Kier molecular flexibility index (Phi) is 5.14. The van der Waals surface area contributed by atoms with Crippen LogP contribution in [0, 0.1) is 12.7 Å². The van der Waals surface area contributed by atoms with Gasteiger partial charge in [-0.3, -0.25) is 4.57 Å². The van der Waals surface area contributed by atoms with Crippen LogP contribution < -0.4 is 4.90 Å². The van der Waals surface area contributed by atoms with Crippen molar-refractivity contribution in [2.75, 3.05) is 31.1 Å². The summed E-state index contributed by atoms with van der Waals surface area (Å²) in [6.45, 7) is 7.11. The molecule has 0 amide bonds. The molecule has 6 rings (SSSR count). The molecule has 2 aliphatic heterocycles. The number of rotatable bonds is 5. The van der Waals surface area contributed by atoms with Crippen LogP contribution >= 0.6 is 0 Å². The number of aryl methyl sites for hydroxylation is 1. The van der Waals surface area contributed by atoms with Crippen LogP contribution in [0.5, 0.6) is 0 Å². The van der Waals surface area contributed by atoms with E-state index in [0.29, 0.717) is 5.92 Å². The van der Waals surface area contributed by atoms with Crippen LogP contribution in [-0.4, -0.2) is 50.8 Å². The SMILES string of the molecule is Cc1nnc2n1-c1ccccc1N(CCCN1CCC(c3c[nH]c4ccc(F)cc34)CC1)C2. The van der Waals surface area contributed by atoms with Gasteiger partial charge in [0, 0.05) is 23.6 Å². The first-order valence-electron chi connectivity index (χ1n) is 11.9. The number of anilines is 1.